The predicted molar refractivity (Wildman–Crippen MR) is 117 cm³/mol. The van der Waals surface area contributed by atoms with Crippen molar-refractivity contribution in [3.05, 3.63) is 71.8 Å². The van der Waals surface area contributed by atoms with Crippen LogP contribution in [-0.4, -0.2) is 36.5 Å². The summed E-state index contributed by atoms with van der Waals surface area (Å²) >= 11 is 0. The topological polar surface area (TPSA) is 44.9 Å². The van der Waals surface area contributed by atoms with Crippen molar-refractivity contribution in [1.82, 2.24) is 0 Å². The highest BCUT2D eigenvalue weighted by Crippen LogP contribution is 2.42. The van der Waals surface area contributed by atoms with E-state index in [1.165, 1.54) is 23.3 Å². The second-order valence-electron chi connectivity index (χ2n) is 8.19. The Hall–Kier alpha value is -2.12. The molecule has 3 heteroatoms. The molecule has 2 atom stereocenters. The summed E-state index contributed by atoms with van der Waals surface area (Å²) in [4.78, 5) is 1.29. The first-order valence-corrected chi connectivity index (χ1v) is 10.9. The van der Waals surface area contributed by atoms with Gasteiger partial charge in [-0.15, -0.1) is 0 Å². The van der Waals surface area contributed by atoms with Crippen molar-refractivity contribution in [1.29, 1.82) is 0 Å². The van der Waals surface area contributed by atoms with Gasteiger partial charge < -0.3 is 15.1 Å². The summed E-state index contributed by atoms with van der Waals surface area (Å²) < 4.78 is 0. The number of aliphatic hydroxyl groups excluding tert-OH is 1. The van der Waals surface area contributed by atoms with Crippen molar-refractivity contribution in [3.8, 4) is 11.8 Å². The van der Waals surface area contributed by atoms with Gasteiger partial charge in [-0.05, 0) is 35.8 Å². The Morgan fingerprint density at radius 1 is 0.897 bits per heavy atom. The Balaban J connectivity index is 1.61. The Labute approximate surface area is 175 Å². The first-order chi connectivity index (χ1) is 14.2. The van der Waals surface area contributed by atoms with Crippen molar-refractivity contribution in [2.45, 2.75) is 44.1 Å². The molecule has 1 unspecified atom stereocenters. The van der Waals surface area contributed by atoms with E-state index in [0.29, 0.717) is 19.5 Å². The number of rotatable bonds is 9. The summed E-state index contributed by atoms with van der Waals surface area (Å²) in [5, 5.41) is 21.0. The summed E-state index contributed by atoms with van der Waals surface area (Å²) in [7, 11) is 0. The molecule has 1 aliphatic rings. The van der Waals surface area contributed by atoms with Crippen LogP contribution in [0.5, 0.6) is 0 Å². The molecule has 0 radical (unpaired) electrons. The van der Waals surface area contributed by atoms with Gasteiger partial charge in [0, 0.05) is 12.8 Å². The van der Waals surface area contributed by atoms with E-state index in [-0.39, 0.29) is 12.5 Å². The number of quaternary nitrogens is 1. The van der Waals surface area contributed by atoms with Gasteiger partial charge in [-0.2, -0.15) is 0 Å². The molecule has 0 heterocycles. The Bertz CT molecular complexity index is 775. The lowest BCUT2D eigenvalue weighted by Gasteiger charge is -2.33. The zero-order valence-electron chi connectivity index (χ0n) is 17.3. The third-order valence-electron chi connectivity index (χ3n) is 6.20. The smallest absolute Gasteiger partial charge is 0.139 e. The molecule has 2 aromatic carbocycles. The van der Waals surface area contributed by atoms with Gasteiger partial charge in [0.1, 0.15) is 18.7 Å². The van der Waals surface area contributed by atoms with Crippen molar-refractivity contribution in [3.63, 3.8) is 0 Å². The van der Waals surface area contributed by atoms with Crippen LogP contribution in [0.4, 0.5) is 0 Å². The molecule has 1 aliphatic carbocycles. The van der Waals surface area contributed by atoms with Crippen LogP contribution in [0, 0.1) is 17.8 Å². The van der Waals surface area contributed by atoms with E-state index >= 15 is 0 Å². The summed E-state index contributed by atoms with van der Waals surface area (Å²) in [6.45, 7) is 2.52. The molecule has 29 heavy (non-hydrogen) atoms. The number of hydrogen-bond donors (Lipinski definition) is 3. The number of hydrogen-bond acceptors (Lipinski definition) is 2. The Kier molecular flexibility index (Phi) is 8.31. The molecule has 0 bridgehead atoms. The lowest BCUT2D eigenvalue weighted by molar-refractivity contribution is -0.892. The van der Waals surface area contributed by atoms with Crippen LogP contribution < -0.4 is 4.90 Å². The van der Waals surface area contributed by atoms with Gasteiger partial charge in [0.15, 0.2) is 0 Å². The number of benzene rings is 2. The van der Waals surface area contributed by atoms with Crippen LogP contribution in [0.25, 0.3) is 0 Å². The van der Waals surface area contributed by atoms with Gasteiger partial charge in [-0.25, -0.2) is 0 Å². The minimum atomic E-state index is -0.855. The second-order valence-corrected chi connectivity index (χ2v) is 8.19. The molecule has 1 fully saturated rings. The van der Waals surface area contributed by atoms with Crippen LogP contribution in [0.1, 0.15) is 43.2 Å². The van der Waals surface area contributed by atoms with E-state index in [9.17, 15) is 10.2 Å². The summed E-state index contributed by atoms with van der Waals surface area (Å²) in [5.41, 5.74) is 1.45. The summed E-state index contributed by atoms with van der Waals surface area (Å²) in [6.07, 6.45) is 6.00. The molecule has 0 aliphatic heterocycles. The van der Waals surface area contributed by atoms with Gasteiger partial charge in [0.2, 0.25) is 0 Å². The first kappa shape index (κ1) is 21.6. The summed E-state index contributed by atoms with van der Waals surface area (Å²) in [6, 6.07) is 20.5. The van der Waals surface area contributed by atoms with Crippen LogP contribution in [0.2, 0.25) is 0 Å². The Morgan fingerprint density at radius 3 is 2.21 bits per heavy atom. The molecular weight excluding hydrogens is 358 g/mol. The molecule has 3 rings (SSSR count). The van der Waals surface area contributed by atoms with Gasteiger partial charge in [-0.1, -0.05) is 79.4 Å². The third kappa shape index (κ3) is 6.18. The predicted octanol–water partition coefficient (Wildman–Crippen LogP) is 2.58. The van der Waals surface area contributed by atoms with Gasteiger partial charge in [0.25, 0.3) is 0 Å². The zero-order valence-corrected chi connectivity index (χ0v) is 17.3. The Morgan fingerprint density at radius 2 is 1.55 bits per heavy atom. The van der Waals surface area contributed by atoms with Crippen molar-refractivity contribution < 1.29 is 15.1 Å². The maximum Gasteiger partial charge on any atom is 0.139 e. The zero-order chi connectivity index (χ0) is 20.4. The third-order valence-corrected chi connectivity index (χ3v) is 6.20. The maximum absolute atomic E-state index is 11.6. The van der Waals surface area contributed by atoms with E-state index in [1.54, 1.807) is 0 Å². The minimum Gasteiger partial charge on any atom is -0.391 e. The van der Waals surface area contributed by atoms with Crippen LogP contribution in [0.15, 0.2) is 60.7 Å². The molecule has 1 saturated carbocycles. The van der Waals surface area contributed by atoms with Gasteiger partial charge in [0.05, 0.1) is 13.2 Å². The van der Waals surface area contributed by atoms with Crippen LogP contribution in [-0.2, 0) is 12.0 Å². The average Bonchev–Trinajstić information content (AvgIpc) is 3.32. The van der Waals surface area contributed by atoms with E-state index < -0.39 is 5.60 Å². The SMILES string of the molecule is OCC[NH+](CC#CC[C@@](O)(c1ccccc1)C1CCCC1)CCc1ccccc1. The van der Waals surface area contributed by atoms with Crippen molar-refractivity contribution in [2.75, 3.05) is 26.2 Å². The van der Waals surface area contributed by atoms with Crippen molar-refractivity contribution >= 4 is 0 Å². The highest BCUT2D eigenvalue weighted by Gasteiger charge is 2.39. The van der Waals surface area contributed by atoms with Gasteiger partial charge in [-0.3, -0.25) is 0 Å². The average molecular weight is 393 g/mol. The summed E-state index contributed by atoms with van der Waals surface area (Å²) in [5.74, 6) is 6.87. The fraction of sp³-hybridized carbons (Fsp3) is 0.462. The van der Waals surface area contributed by atoms with E-state index in [2.05, 4.69) is 36.1 Å². The normalized spacial score (nSPS) is 17.3. The lowest BCUT2D eigenvalue weighted by atomic mass is 9.78. The first-order valence-electron chi connectivity index (χ1n) is 10.9. The molecule has 0 aromatic heterocycles. The second kappa shape index (κ2) is 11.2. The van der Waals surface area contributed by atoms with E-state index in [0.717, 1.165) is 31.4 Å². The molecule has 2 aromatic rings. The molecule has 0 spiro atoms. The van der Waals surface area contributed by atoms with Gasteiger partial charge >= 0.3 is 0 Å². The van der Waals surface area contributed by atoms with Crippen LogP contribution in [0.3, 0.4) is 0 Å². The molecule has 0 saturated heterocycles. The molecular formula is C26H34NO2+. The quantitative estimate of drug-likeness (QED) is 0.575. The number of aliphatic hydroxyl groups is 2. The number of nitrogens with one attached hydrogen (secondary N) is 1. The molecule has 154 valence electrons. The molecule has 3 nitrogen and oxygen atoms in total. The fourth-order valence-corrected chi connectivity index (χ4v) is 4.42. The monoisotopic (exact) mass is 392 g/mol. The molecule has 3 N–H and O–H groups in total. The molecule has 0 amide bonds. The van der Waals surface area contributed by atoms with E-state index in [1.807, 2.05) is 36.4 Å². The van der Waals surface area contributed by atoms with Crippen molar-refractivity contribution in [2.24, 2.45) is 5.92 Å². The van der Waals surface area contributed by atoms with E-state index in [4.69, 9.17) is 0 Å². The standard InChI is InChI=1S/C26H33NO2/c28-22-21-27(20-17-23-11-3-1-4-12-23)19-10-9-18-26(29,25-15-7-8-16-25)24-13-5-2-6-14-24/h1-6,11-14,25,28-29H,7-8,15-22H2/p+1/t26-/m1/s1. The highest BCUT2D eigenvalue weighted by molar-refractivity contribution is 5.26. The minimum absolute atomic E-state index is 0.168. The van der Waals surface area contributed by atoms with Crippen LogP contribution >= 0.6 is 0 Å². The highest BCUT2D eigenvalue weighted by atomic mass is 16.3. The largest absolute Gasteiger partial charge is 0.391 e. The fourth-order valence-electron chi connectivity index (χ4n) is 4.42. The lowest BCUT2D eigenvalue weighted by Crippen LogP contribution is -3.12. The maximum atomic E-state index is 11.6.